The number of nitrogens with one attached hydrogen (secondary N) is 1. The van der Waals surface area contributed by atoms with E-state index < -0.39 is 15.8 Å². The molecule has 0 heterocycles. The Hall–Kier alpha value is -1.51. The number of carbonyl (C=O) groups excluding carboxylic acids is 1. The van der Waals surface area contributed by atoms with Crippen molar-refractivity contribution in [3.8, 4) is 0 Å². The Kier molecular flexibility index (Phi) is 5.61. The Morgan fingerprint density at radius 3 is 2.60 bits per heavy atom. The number of nitrogens with two attached hydrogens (primary N) is 1. The molecule has 0 bridgehead atoms. The van der Waals surface area contributed by atoms with Gasteiger partial charge in [-0.2, -0.15) is 0 Å². The fraction of sp³-hybridized carbons (Fsp3) is 0.417. The standard InChI is InChI=1S/C12H18FN3O3S/c1-16(2)12(17)6-7-15-20(18,19)11-5-3-4-10(13)9(11)8-14/h3-5,15H,6-8,14H2,1-2H3. The number of benzene rings is 1. The zero-order chi connectivity index (χ0) is 15.3. The van der Waals surface area contributed by atoms with Crippen LogP contribution in [0.3, 0.4) is 0 Å². The molecule has 0 fully saturated rings. The van der Waals surface area contributed by atoms with Crippen molar-refractivity contribution >= 4 is 15.9 Å². The average Bonchev–Trinajstić information content (AvgIpc) is 2.37. The molecule has 0 saturated carbocycles. The zero-order valence-corrected chi connectivity index (χ0v) is 12.2. The lowest BCUT2D eigenvalue weighted by Crippen LogP contribution is -2.31. The number of hydrogen-bond acceptors (Lipinski definition) is 4. The highest BCUT2D eigenvalue weighted by Crippen LogP contribution is 2.18. The molecule has 6 nitrogen and oxygen atoms in total. The van der Waals surface area contributed by atoms with Crippen LogP contribution in [0.15, 0.2) is 23.1 Å². The Labute approximate surface area is 117 Å². The van der Waals surface area contributed by atoms with E-state index in [1.54, 1.807) is 14.1 Å². The molecule has 0 radical (unpaired) electrons. The summed E-state index contributed by atoms with van der Waals surface area (Å²) >= 11 is 0. The van der Waals surface area contributed by atoms with Crippen molar-refractivity contribution < 1.29 is 17.6 Å². The number of halogens is 1. The molecule has 3 N–H and O–H groups in total. The smallest absolute Gasteiger partial charge is 0.241 e. The van der Waals surface area contributed by atoms with Gasteiger partial charge in [-0.15, -0.1) is 0 Å². The molecular formula is C12H18FN3O3S. The molecular weight excluding hydrogens is 285 g/mol. The Morgan fingerprint density at radius 1 is 1.40 bits per heavy atom. The van der Waals surface area contributed by atoms with Gasteiger partial charge in [0.2, 0.25) is 15.9 Å². The van der Waals surface area contributed by atoms with Gasteiger partial charge in [0.25, 0.3) is 0 Å². The van der Waals surface area contributed by atoms with Crippen LogP contribution < -0.4 is 10.5 Å². The van der Waals surface area contributed by atoms with E-state index in [-0.39, 0.29) is 35.9 Å². The van der Waals surface area contributed by atoms with Crippen molar-refractivity contribution in [2.24, 2.45) is 5.73 Å². The topological polar surface area (TPSA) is 92.5 Å². The number of carbonyl (C=O) groups is 1. The van der Waals surface area contributed by atoms with E-state index in [9.17, 15) is 17.6 Å². The third kappa shape index (κ3) is 3.99. The molecule has 0 saturated heterocycles. The Balaban J connectivity index is 2.85. The summed E-state index contributed by atoms with van der Waals surface area (Å²) in [6, 6.07) is 3.73. The molecule has 1 aromatic carbocycles. The van der Waals surface area contributed by atoms with Gasteiger partial charge in [-0.3, -0.25) is 4.79 Å². The second-order valence-corrected chi connectivity index (χ2v) is 6.09. The number of nitrogens with zero attached hydrogens (tertiary/aromatic N) is 1. The molecule has 112 valence electrons. The fourth-order valence-corrected chi connectivity index (χ4v) is 2.87. The first-order valence-electron chi connectivity index (χ1n) is 5.97. The van der Waals surface area contributed by atoms with Crippen LogP contribution in [0, 0.1) is 5.82 Å². The van der Waals surface area contributed by atoms with Gasteiger partial charge in [0.15, 0.2) is 0 Å². The first-order chi connectivity index (χ1) is 9.29. The lowest BCUT2D eigenvalue weighted by molar-refractivity contribution is -0.128. The second-order valence-electron chi connectivity index (χ2n) is 4.36. The number of amides is 1. The van der Waals surface area contributed by atoms with Crippen LogP contribution in [-0.2, 0) is 21.4 Å². The van der Waals surface area contributed by atoms with Gasteiger partial charge >= 0.3 is 0 Å². The van der Waals surface area contributed by atoms with Crippen LogP contribution >= 0.6 is 0 Å². The van der Waals surface area contributed by atoms with Gasteiger partial charge in [-0.1, -0.05) is 6.07 Å². The van der Waals surface area contributed by atoms with Gasteiger partial charge in [0.1, 0.15) is 5.82 Å². The summed E-state index contributed by atoms with van der Waals surface area (Å²) in [6.07, 6.45) is 0.0273. The first-order valence-corrected chi connectivity index (χ1v) is 7.45. The summed E-state index contributed by atoms with van der Waals surface area (Å²) in [5, 5.41) is 0. The maximum Gasteiger partial charge on any atom is 0.241 e. The maximum atomic E-state index is 13.5. The number of sulfonamides is 1. The van der Waals surface area contributed by atoms with Crippen molar-refractivity contribution in [3.63, 3.8) is 0 Å². The summed E-state index contributed by atoms with van der Waals surface area (Å²) < 4.78 is 39.9. The van der Waals surface area contributed by atoms with E-state index in [1.807, 2.05) is 0 Å². The van der Waals surface area contributed by atoms with E-state index in [1.165, 1.54) is 17.0 Å². The highest BCUT2D eigenvalue weighted by molar-refractivity contribution is 7.89. The van der Waals surface area contributed by atoms with Crippen molar-refractivity contribution in [2.75, 3.05) is 20.6 Å². The monoisotopic (exact) mass is 303 g/mol. The minimum absolute atomic E-state index is 0.0273. The quantitative estimate of drug-likeness (QED) is 0.776. The molecule has 0 spiro atoms. The lowest BCUT2D eigenvalue weighted by Gasteiger charge is -2.12. The van der Waals surface area contributed by atoms with Gasteiger partial charge in [-0.25, -0.2) is 17.5 Å². The van der Waals surface area contributed by atoms with Crippen molar-refractivity contribution in [1.29, 1.82) is 0 Å². The summed E-state index contributed by atoms with van der Waals surface area (Å²) in [7, 11) is -0.729. The summed E-state index contributed by atoms with van der Waals surface area (Å²) in [6.45, 7) is -0.278. The highest BCUT2D eigenvalue weighted by Gasteiger charge is 2.20. The minimum Gasteiger partial charge on any atom is -0.349 e. The lowest BCUT2D eigenvalue weighted by atomic mass is 10.2. The maximum absolute atomic E-state index is 13.5. The van der Waals surface area contributed by atoms with Crippen LogP contribution in [0.1, 0.15) is 12.0 Å². The second kappa shape index (κ2) is 6.78. The molecule has 0 aromatic heterocycles. The van der Waals surface area contributed by atoms with Crippen molar-refractivity contribution in [3.05, 3.63) is 29.6 Å². The van der Waals surface area contributed by atoms with Gasteiger partial charge in [0.05, 0.1) is 4.90 Å². The molecule has 0 aliphatic heterocycles. The van der Waals surface area contributed by atoms with Gasteiger partial charge in [-0.05, 0) is 12.1 Å². The number of hydrogen-bond donors (Lipinski definition) is 2. The largest absolute Gasteiger partial charge is 0.349 e. The normalized spacial score (nSPS) is 11.4. The van der Waals surface area contributed by atoms with Crippen molar-refractivity contribution in [1.82, 2.24) is 9.62 Å². The molecule has 0 atom stereocenters. The van der Waals surface area contributed by atoms with E-state index >= 15 is 0 Å². The van der Waals surface area contributed by atoms with E-state index in [2.05, 4.69) is 4.72 Å². The molecule has 1 amide bonds. The number of rotatable bonds is 6. The third-order valence-electron chi connectivity index (χ3n) is 2.70. The van der Waals surface area contributed by atoms with E-state index in [0.29, 0.717) is 0 Å². The van der Waals surface area contributed by atoms with E-state index in [4.69, 9.17) is 5.73 Å². The fourth-order valence-electron chi connectivity index (χ4n) is 1.58. The summed E-state index contributed by atoms with van der Waals surface area (Å²) in [5.41, 5.74) is 5.30. The van der Waals surface area contributed by atoms with E-state index in [0.717, 1.165) is 6.07 Å². The predicted molar refractivity (Wildman–Crippen MR) is 72.8 cm³/mol. The average molecular weight is 303 g/mol. The molecule has 20 heavy (non-hydrogen) atoms. The van der Waals surface area contributed by atoms with Crippen LogP contribution in [0.5, 0.6) is 0 Å². The summed E-state index contributed by atoms with van der Waals surface area (Å²) in [5.74, 6) is -0.870. The van der Waals surface area contributed by atoms with Gasteiger partial charge in [0, 0.05) is 39.2 Å². The molecule has 0 aliphatic carbocycles. The Bertz CT molecular complexity index is 588. The van der Waals surface area contributed by atoms with Crippen molar-refractivity contribution in [2.45, 2.75) is 17.9 Å². The molecule has 8 heteroatoms. The third-order valence-corrected chi connectivity index (χ3v) is 4.24. The van der Waals surface area contributed by atoms with Crippen LogP contribution in [0.2, 0.25) is 0 Å². The van der Waals surface area contributed by atoms with Crippen LogP contribution in [-0.4, -0.2) is 39.9 Å². The molecule has 0 aliphatic rings. The first kappa shape index (κ1) is 16.5. The minimum atomic E-state index is -3.89. The zero-order valence-electron chi connectivity index (χ0n) is 11.4. The van der Waals surface area contributed by atoms with Gasteiger partial charge < -0.3 is 10.6 Å². The molecule has 1 aromatic rings. The highest BCUT2D eigenvalue weighted by atomic mass is 32.2. The summed E-state index contributed by atoms with van der Waals surface area (Å²) in [4.78, 5) is 12.5. The predicted octanol–water partition coefficient (Wildman–Crippen LogP) is 0.0410. The van der Waals surface area contributed by atoms with Crippen LogP contribution in [0.4, 0.5) is 4.39 Å². The van der Waals surface area contributed by atoms with Crippen LogP contribution in [0.25, 0.3) is 0 Å². The SMILES string of the molecule is CN(C)C(=O)CCNS(=O)(=O)c1cccc(F)c1CN. The molecule has 1 rings (SSSR count). The molecule has 0 unspecified atom stereocenters. The Morgan fingerprint density at radius 2 is 2.05 bits per heavy atom.